The molecule has 8 aromatic heterocycles. The Labute approximate surface area is 562 Å². The van der Waals surface area contributed by atoms with Crippen molar-refractivity contribution in [3.05, 3.63) is 236 Å². The molecule has 484 valence electrons. The van der Waals surface area contributed by atoms with Gasteiger partial charge in [-0.25, -0.2) is 19.1 Å². The summed E-state index contributed by atoms with van der Waals surface area (Å²) in [6, 6.07) is 35.9. The SMILES string of the molecule is Cc1cc(C)c(C)c(-c2c3cnc(C(C)C)cc3cc[n+]2C)c1.Cc1cc(C)c(C)c(-c2c3cnc(CC(C)C)cc3cc[n+]2C)c1.Cc1cc(C)c(C)c(-c2c3ncc(C(C)C)cc3cc[n+]2C)c1.Cc1cc(C)c(C)c(-c2c3ncc(CC(C)C)cc3cc[n+]2C)c1. The third kappa shape index (κ3) is 15.3. The van der Waals surface area contributed by atoms with E-state index in [1.807, 2.05) is 18.6 Å². The molecule has 0 saturated carbocycles. The van der Waals surface area contributed by atoms with Crippen molar-refractivity contribution in [2.45, 2.75) is 163 Å². The molecule has 0 aliphatic heterocycles. The van der Waals surface area contributed by atoms with Gasteiger partial charge >= 0.3 is 0 Å². The minimum atomic E-state index is 0.444. The highest BCUT2D eigenvalue weighted by atomic mass is 15.0. The highest BCUT2D eigenvalue weighted by molar-refractivity contribution is 5.95. The van der Waals surface area contributed by atoms with Crippen LogP contribution in [-0.4, -0.2) is 19.9 Å². The lowest BCUT2D eigenvalue weighted by atomic mass is 9.95. The van der Waals surface area contributed by atoms with Crippen LogP contribution in [0.5, 0.6) is 0 Å². The van der Waals surface area contributed by atoms with Crippen molar-refractivity contribution >= 4 is 43.4 Å². The van der Waals surface area contributed by atoms with Crippen LogP contribution in [0, 0.1) is 94.9 Å². The van der Waals surface area contributed by atoms with Crippen LogP contribution < -0.4 is 18.3 Å². The van der Waals surface area contributed by atoms with Gasteiger partial charge in [0.05, 0.1) is 33.0 Å². The van der Waals surface area contributed by atoms with Crippen molar-refractivity contribution in [2.24, 2.45) is 40.0 Å². The van der Waals surface area contributed by atoms with Crippen molar-refractivity contribution in [3.8, 4) is 45.0 Å². The predicted molar refractivity (Wildman–Crippen MR) is 396 cm³/mol. The van der Waals surface area contributed by atoms with Crippen molar-refractivity contribution in [2.75, 3.05) is 0 Å². The molecule has 8 heterocycles. The van der Waals surface area contributed by atoms with Gasteiger partial charge in [-0.05, 0) is 235 Å². The third-order valence-electron chi connectivity index (χ3n) is 18.9. The number of rotatable bonds is 10. The van der Waals surface area contributed by atoms with E-state index < -0.39 is 0 Å². The van der Waals surface area contributed by atoms with E-state index in [2.05, 4.69) is 313 Å². The van der Waals surface area contributed by atoms with Crippen molar-refractivity contribution in [1.82, 2.24) is 19.9 Å². The molecule has 0 fully saturated rings. The minimum Gasteiger partial charge on any atom is -0.260 e. The van der Waals surface area contributed by atoms with Crippen LogP contribution in [0.2, 0.25) is 0 Å². The summed E-state index contributed by atoms with van der Waals surface area (Å²) in [5, 5.41) is 7.40. The molecule has 0 radical (unpaired) electrons. The van der Waals surface area contributed by atoms with E-state index in [0.29, 0.717) is 23.7 Å². The number of pyridine rings is 8. The van der Waals surface area contributed by atoms with E-state index in [4.69, 9.17) is 19.9 Å². The quantitative estimate of drug-likeness (QED) is 0.128. The fraction of sp³-hybridized carbons (Fsp3) is 0.349. The van der Waals surface area contributed by atoms with Crippen LogP contribution in [-0.2, 0) is 41.0 Å². The van der Waals surface area contributed by atoms with E-state index in [0.717, 1.165) is 29.6 Å². The molecule has 8 nitrogen and oxygen atoms in total. The van der Waals surface area contributed by atoms with E-state index in [1.54, 1.807) is 0 Å². The van der Waals surface area contributed by atoms with Gasteiger partial charge < -0.3 is 0 Å². The number of aromatic nitrogens is 8. The Hall–Kier alpha value is -8.88. The van der Waals surface area contributed by atoms with Crippen molar-refractivity contribution in [3.63, 3.8) is 0 Å². The Kier molecular flexibility index (Phi) is 21.6. The maximum atomic E-state index is 4.85. The molecule has 0 aliphatic carbocycles. The standard InChI is InChI=1S/2C22H27N2.2C21H25N2/c1-14(2)9-18-12-19-7-8-24(6)22(21(19)23-13-18)20-11-15(3)10-16(4)17(20)5;1-14(2)9-19-12-18-7-8-24(6)22(21(18)13-23-19)20-11-15(3)10-16(4)17(20)5;1-13(2)18-11-17-7-8-23(6)21(20(17)22-12-18)19-10-14(3)9-15(4)16(19)5;1-13(2)20-11-17-7-8-23(6)21(19(17)12-22-20)18-10-14(3)9-15(4)16(18)5/h2*7-8,10-14H,9H2,1-6H3;2*7-13H,1-6H3/q4*+1. The number of hydrogen-bond acceptors (Lipinski definition) is 4. The van der Waals surface area contributed by atoms with Crippen molar-refractivity contribution < 1.29 is 18.3 Å². The normalized spacial score (nSPS) is 11.4. The molecule has 0 saturated heterocycles. The molecule has 0 N–H and O–H groups in total. The summed E-state index contributed by atoms with van der Waals surface area (Å²) >= 11 is 0. The number of benzene rings is 4. The van der Waals surface area contributed by atoms with Crippen molar-refractivity contribution in [1.29, 1.82) is 0 Å². The molecule has 0 amide bonds. The molecular formula is C86H104N8+4. The second-order valence-corrected chi connectivity index (χ2v) is 28.6. The first-order valence-electron chi connectivity index (χ1n) is 33.9. The highest BCUT2D eigenvalue weighted by Crippen LogP contribution is 2.35. The molecule has 0 spiro atoms. The number of aryl methyl sites for hydroxylation is 12. The van der Waals surface area contributed by atoms with Gasteiger partial charge in [0.1, 0.15) is 39.2 Å². The van der Waals surface area contributed by atoms with Crippen LogP contribution in [0.4, 0.5) is 0 Å². The molecule has 8 heteroatoms. The summed E-state index contributed by atoms with van der Waals surface area (Å²) in [5.41, 5.74) is 33.0. The Bertz CT molecular complexity index is 4510. The maximum absolute atomic E-state index is 4.85. The summed E-state index contributed by atoms with van der Waals surface area (Å²) < 4.78 is 8.80. The van der Waals surface area contributed by atoms with Gasteiger partial charge in [-0.2, -0.15) is 9.13 Å². The molecular weight excluding hydrogens is 1150 g/mol. The Balaban J connectivity index is 0.000000148. The molecule has 0 unspecified atom stereocenters. The summed E-state index contributed by atoms with van der Waals surface area (Å²) in [6.45, 7) is 44.0. The second-order valence-electron chi connectivity index (χ2n) is 28.6. The lowest BCUT2D eigenvalue weighted by molar-refractivity contribution is -0.659. The van der Waals surface area contributed by atoms with Crippen LogP contribution >= 0.6 is 0 Å². The minimum absolute atomic E-state index is 0.444. The summed E-state index contributed by atoms with van der Waals surface area (Å²) in [6.07, 6.45) is 18.9. The zero-order chi connectivity index (χ0) is 68.3. The topological polar surface area (TPSA) is 67.1 Å². The average molecular weight is 1250 g/mol. The predicted octanol–water partition coefficient (Wildman–Crippen LogP) is 19.3. The lowest BCUT2D eigenvalue weighted by Gasteiger charge is -2.12. The molecule has 12 rings (SSSR count). The van der Waals surface area contributed by atoms with Crippen LogP contribution in [0.3, 0.4) is 0 Å². The number of fused-ring (bicyclic) bond motifs is 4. The zero-order valence-corrected chi connectivity index (χ0v) is 61.2. The lowest BCUT2D eigenvalue weighted by Crippen LogP contribution is -2.31. The van der Waals surface area contributed by atoms with E-state index in [-0.39, 0.29) is 0 Å². The highest BCUT2D eigenvalue weighted by Gasteiger charge is 2.25. The molecule has 0 aliphatic rings. The zero-order valence-electron chi connectivity index (χ0n) is 61.2. The third-order valence-corrected chi connectivity index (χ3v) is 18.9. The van der Waals surface area contributed by atoms with E-state index in [1.165, 1.54) is 161 Å². The van der Waals surface area contributed by atoms with Gasteiger partial charge in [-0.1, -0.05) is 102 Å². The van der Waals surface area contributed by atoms with E-state index in [9.17, 15) is 0 Å². The van der Waals surface area contributed by atoms with Crippen LogP contribution in [0.25, 0.3) is 88.4 Å². The second kappa shape index (κ2) is 29.2. The first-order valence-corrected chi connectivity index (χ1v) is 33.9. The largest absolute Gasteiger partial charge is 0.260 e. The molecule has 0 bridgehead atoms. The van der Waals surface area contributed by atoms with E-state index >= 15 is 0 Å². The van der Waals surface area contributed by atoms with Gasteiger partial charge in [-0.3, -0.25) is 9.97 Å². The summed E-state index contributed by atoms with van der Waals surface area (Å²) in [4.78, 5) is 19.1. The Morgan fingerprint density at radius 2 is 0.691 bits per heavy atom. The molecule has 4 aromatic carbocycles. The number of hydrogen-bond donors (Lipinski definition) is 0. The first-order chi connectivity index (χ1) is 44.5. The summed E-state index contributed by atoms with van der Waals surface area (Å²) in [7, 11) is 8.44. The Morgan fingerprint density at radius 1 is 0.330 bits per heavy atom. The molecule has 0 atom stereocenters. The molecule has 94 heavy (non-hydrogen) atoms. The van der Waals surface area contributed by atoms with Gasteiger partial charge in [-0.15, -0.1) is 0 Å². The Morgan fingerprint density at radius 3 is 1.10 bits per heavy atom. The van der Waals surface area contributed by atoms with Crippen LogP contribution in [0.15, 0.2) is 147 Å². The first kappa shape index (κ1) is 69.5. The molecule has 12 aromatic rings. The van der Waals surface area contributed by atoms with Crippen LogP contribution in [0.1, 0.15) is 157 Å². The monoisotopic (exact) mass is 1250 g/mol. The summed E-state index contributed by atoms with van der Waals surface area (Å²) in [5.74, 6) is 2.20. The maximum Gasteiger partial charge on any atom is 0.239 e. The van der Waals surface area contributed by atoms with Gasteiger partial charge in [0.15, 0.2) is 24.8 Å². The van der Waals surface area contributed by atoms with Gasteiger partial charge in [0.25, 0.3) is 0 Å². The fourth-order valence-electron chi connectivity index (χ4n) is 13.3. The fourth-order valence-corrected chi connectivity index (χ4v) is 13.3. The smallest absolute Gasteiger partial charge is 0.239 e. The van der Waals surface area contributed by atoms with Gasteiger partial charge in [0.2, 0.25) is 22.8 Å². The van der Waals surface area contributed by atoms with Gasteiger partial charge in [0, 0.05) is 71.2 Å². The average Bonchev–Trinajstić information content (AvgIpc) is 0.793. The number of nitrogens with zero attached hydrogens (tertiary/aromatic N) is 8.